The van der Waals surface area contributed by atoms with Crippen LogP contribution in [0.3, 0.4) is 0 Å². The van der Waals surface area contributed by atoms with Crippen LogP contribution < -0.4 is 15.0 Å². The van der Waals surface area contributed by atoms with Crippen LogP contribution in [-0.4, -0.2) is 57.0 Å². The lowest BCUT2D eigenvalue weighted by atomic mass is 9.95. The van der Waals surface area contributed by atoms with Gasteiger partial charge < -0.3 is 15.0 Å². The fourth-order valence-corrected chi connectivity index (χ4v) is 6.13. The van der Waals surface area contributed by atoms with E-state index in [1.807, 2.05) is 24.3 Å². The SMILES string of the molecule is CC(Oc1ccc(S(=O)(=O)N2CCN(c3cccc(Cl)c3)CC2)cc1)C(=O)NC1CCCCC1. The first-order chi connectivity index (χ1) is 16.3. The molecule has 1 saturated heterocycles. The summed E-state index contributed by atoms with van der Waals surface area (Å²) in [6.45, 7) is 3.68. The Morgan fingerprint density at radius 1 is 1.03 bits per heavy atom. The molecule has 1 amide bonds. The number of ether oxygens (including phenoxy) is 1. The molecular weight excluding hydrogens is 474 g/mol. The number of nitrogens with one attached hydrogen (secondary N) is 1. The summed E-state index contributed by atoms with van der Waals surface area (Å²) in [6.07, 6.45) is 4.89. The second-order valence-corrected chi connectivity index (χ2v) is 11.3. The Morgan fingerprint density at radius 2 is 1.71 bits per heavy atom. The lowest BCUT2D eigenvalue weighted by molar-refractivity contribution is -0.128. The monoisotopic (exact) mass is 505 g/mol. The number of hydrogen-bond donors (Lipinski definition) is 1. The Morgan fingerprint density at radius 3 is 2.35 bits per heavy atom. The molecular formula is C25H32ClN3O4S. The van der Waals surface area contributed by atoms with Crippen LogP contribution in [0.1, 0.15) is 39.0 Å². The zero-order chi connectivity index (χ0) is 24.1. The summed E-state index contributed by atoms with van der Waals surface area (Å²) in [5.41, 5.74) is 0.993. The molecule has 0 radical (unpaired) electrons. The van der Waals surface area contributed by atoms with Gasteiger partial charge in [0.2, 0.25) is 10.0 Å². The Bertz CT molecular complexity index is 1080. The third-order valence-electron chi connectivity index (χ3n) is 6.51. The van der Waals surface area contributed by atoms with Gasteiger partial charge in [-0.25, -0.2) is 8.42 Å². The van der Waals surface area contributed by atoms with Crippen LogP contribution in [0.2, 0.25) is 5.02 Å². The lowest BCUT2D eigenvalue weighted by Crippen LogP contribution is -2.48. The Balaban J connectivity index is 1.32. The van der Waals surface area contributed by atoms with E-state index >= 15 is 0 Å². The van der Waals surface area contributed by atoms with E-state index in [0.29, 0.717) is 37.0 Å². The standard InChI is InChI=1S/C25H32ClN3O4S/c1-19(25(30)27-21-7-3-2-4-8-21)33-23-10-12-24(13-11-23)34(31,32)29-16-14-28(15-17-29)22-9-5-6-20(26)18-22/h5-6,9-13,18-19,21H,2-4,7-8,14-17H2,1H3,(H,27,30). The van der Waals surface area contributed by atoms with E-state index < -0.39 is 16.1 Å². The van der Waals surface area contributed by atoms with Crippen LogP contribution in [-0.2, 0) is 14.8 Å². The normalized spacial score (nSPS) is 18.9. The molecule has 34 heavy (non-hydrogen) atoms. The van der Waals surface area contributed by atoms with E-state index in [1.54, 1.807) is 31.2 Å². The summed E-state index contributed by atoms with van der Waals surface area (Å²) < 4.78 is 33.5. The van der Waals surface area contributed by atoms with Crippen LogP contribution in [0.5, 0.6) is 5.75 Å². The highest BCUT2D eigenvalue weighted by Gasteiger charge is 2.29. The molecule has 1 atom stereocenters. The molecule has 2 aromatic rings. The molecule has 0 bridgehead atoms. The largest absolute Gasteiger partial charge is 0.481 e. The van der Waals surface area contributed by atoms with Gasteiger partial charge in [0.25, 0.3) is 5.91 Å². The topological polar surface area (TPSA) is 79.0 Å². The van der Waals surface area contributed by atoms with E-state index in [2.05, 4.69) is 10.2 Å². The van der Waals surface area contributed by atoms with Crippen molar-refractivity contribution in [3.8, 4) is 5.75 Å². The number of halogens is 1. The summed E-state index contributed by atoms with van der Waals surface area (Å²) in [5, 5.41) is 3.72. The molecule has 1 N–H and O–H groups in total. The van der Waals surface area contributed by atoms with Crippen molar-refractivity contribution in [3.63, 3.8) is 0 Å². The van der Waals surface area contributed by atoms with Crippen molar-refractivity contribution in [1.82, 2.24) is 9.62 Å². The number of benzene rings is 2. The zero-order valence-electron chi connectivity index (χ0n) is 19.5. The van der Waals surface area contributed by atoms with Crippen molar-refractivity contribution in [2.45, 2.75) is 56.1 Å². The number of sulfonamides is 1. The molecule has 184 valence electrons. The minimum absolute atomic E-state index is 0.138. The minimum atomic E-state index is -3.61. The summed E-state index contributed by atoms with van der Waals surface area (Å²) in [5.74, 6) is 0.331. The molecule has 0 aromatic heterocycles. The molecule has 2 fully saturated rings. The highest BCUT2D eigenvalue weighted by molar-refractivity contribution is 7.89. The van der Waals surface area contributed by atoms with Crippen molar-refractivity contribution in [3.05, 3.63) is 53.6 Å². The van der Waals surface area contributed by atoms with E-state index in [4.69, 9.17) is 16.3 Å². The predicted molar refractivity (Wildman–Crippen MR) is 134 cm³/mol. The van der Waals surface area contributed by atoms with E-state index in [1.165, 1.54) is 10.7 Å². The maximum absolute atomic E-state index is 13.1. The van der Waals surface area contributed by atoms with E-state index in [-0.39, 0.29) is 16.8 Å². The van der Waals surface area contributed by atoms with Gasteiger partial charge in [0, 0.05) is 42.9 Å². The number of piperazine rings is 1. The van der Waals surface area contributed by atoms with Gasteiger partial charge in [-0.3, -0.25) is 4.79 Å². The number of anilines is 1. The van der Waals surface area contributed by atoms with Gasteiger partial charge >= 0.3 is 0 Å². The molecule has 7 nitrogen and oxygen atoms in total. The molecule has 1 heterocycles. The van der Waals surface area contributed by atoms with Crippen LogP contribution in [0.25, 0.3) is 0 Å². The van der Waals surface area contributed by atoms with Gasteiger partial charge in [-0.05, 0) is 62.2 Å². The molecule has 1 aliphatic carbocycles. The molecule has 4 rings (SSSR count). The van der Waals surface area contributed by atoms with Crippen LogP contribution in [0.15, 0.2) is 53.4 Å². The summed E-state index contributed by atoms with van der Waals surface area (Å²) in [6, 6.07) is 14.1. The van der Waals surface area contributed by atoms with Gasteiger partial charge in [-0.2, -0.15) is 4.31 Å². The number of amides is 1. The van der Waals surface area contributed by atoms with Crippen molar-refractivity contribution >= 4 is 33.2 Å². The summed E-state index contributed by atoms with van der Waals surface area (Å²) >= 11 is 6.09. The smallest absolute Gasteiger partial charge is 0.260 e. The van der Waals surface area contributed by atoms with Gasteiger partial charge in [0.1, 0.15) is 5.75 Å². The predicted octanol–water partition coefficient (Wildman–Crippen LogP) is 4.07. The van der Waals surface area contributed by atoms with Crippen molar-refractivity contribution in [2.75, 3.05) is 31.1 Å². The first-order valence-electron chi connectivity index (χ1n) is 11.9. The van der Waals surface area contributed by atoms with Gasteiger partial charge in [-0.15, -0.1) is 0 Å². The van der Waals surface area contributed by atoms with Gasteiger partial charge in [-0.1, -0.05) is 36.9 Å². The fourth-order valence-electron chi connectivity index (χ4n) is 4.52. The molecule has 2 aromatic carbocycles. The van der Waals surface area contributed by atoms with Crippen molar-refractivity contribution < 1.29 is 17.9 Å². The van der Waals surface area contributed by atoms with Gasteiger partial charge in [0.05, 0.1) is 4.90 Å². The lowest BCUT2D eigenvalue weighted by Gasteiger charge is -2.35. The first kappa shape index (κ1) is 24.8. The summed E-state index contributed by atoms with van der Waals surface area (Å²) in [7, 11) is -3.61. The third-order valence-corrected chi connectivity index (χ3v) is 8.66. The molecule has 0 spiro atoms. The average Bonchev–Trinajstić information content (AvgIpc) is 2.85. The fraction of sp³-hybridized carbons (Fsp3) is 0.480. The third kappa shape index (κ3) is 6.03. The van der Waals surface area contributed by atoms with Crippen LogP contribution in [0.4, 0.5) is 5.69 Å². The molecule has 1 saturated carbocycles. The molecule has 1 unspecified atom stereocenters. The number of carbonyl (C=O) groups excluding carboxylic acids is 1. The van der Waals surface area contributed by atoms with Crippen LogP contribution in [0, 0.1) is 0 Å². The Hall–Kier alpha value is -2.29. The van der Waals surface area contributed by atoms with Crippen molar-refractivity contribution in [2.24, 2.45) is 0 Å². The van der Waals surface area contributed by atoms with Crippen LogP contribution >= 0.6 is 11.6 Å². The van der Waals surface area contributed by atoms with E-state index in [0.717, 1.165) is 31.4 Å². The average molecular weight is 506 g/mol. The van der Waals surface area contributed by atoms with Crippen molar-refractivity contribution in [1.29, 1.82) is 0 Å². The molecule has 2 aliphatic rings. The van der Waals surface area contributed by atoms with E-state index in [9.17, 15) is 13.2 Å². The second-order valence-electron chi connectivity index (χ2n) is 8.95. The number of nitrogens with zero attached hydrogens (tertiary/aromatic N) is 2. The quantitative estimate of drug-likeness (QED) is 0.613. The minimum Gasteiger partial charge on any atom is -0.481 e. The number of carbonyl (C=O) groups is 1. The van der Waals surface area contributed by atoms with Gasteiger partial charge in [0.15, 0.2) is 6.10 Å². The summed E-state index contributed by atoms with van der Waals surface area (Å²) in [4.78, 5) is 14.8. The number of hydrogen-bond acceptors (Lipinski definition) is 5. The Kier molecular flexibility index (Phi) is 8.01. The highest BCUT2D eigenvalue weighted by Crippen LogP contribution is 2.25. The second kappa shape index (κ2) is 11.0. The maximum atomic E-state index is 13.1. The highest BCUT2D eigenvalue weighted by atomic mass is 35.5. The zero-order valence-corrected chi connectivity index (χ0v) is 21.0. The first-order valence-corrected chi connectivity index (χ1v) is 13.7. The maximum Gasteiger partial charge on any atom is 0.260 e. The Labute approximate surface area is 207 Å². The number of rotatable bonds is 7. The molecule has 9 heteroatoms. The molecule has 1 aliphatic heterocycles.